The second-order valence-electron chi connectivity index (χ2n) is 6.54. The van der Waals surface area contributed by atoms with Crippen molar-refractivity contribution in [2.75, 3.05) is 20.2 Å². The van der Waals surface area contributed by atoms with Crippen molar-refractivity contribution in [3.05, 3.63) is 52.0 Å². The molecule has 1 saturated heterocycles. The van der Waals surface area contributed by atoms with Gasteiger partial charge in [-0.2, -0.15) is 0 Å². The number of aryl methyl sites for hydroxylation is 1. The third-order valence-corrected chi connectivity index (χ3v) is 5.31. The van der Waals surface area contributed by atoms with Gasteiger partial charge in [0.1, 0.15) is 5.75 Å². The number of nitrogens with one attached hydrogen (secondary N) is 1. The van der Waals surface area contributed by atoms with Crippen LogP contribution < -0.4 is 10.1 Å². The number of ether oxygens (including phenoxy) is 1. The Morgan fingerprint density at radius 3 is 2.92 bits per heavy atom. The molecule has 1 aromatic heterocycles. The van der Waals surface area contributed by atoms with Crippen LogP contribution in [0.3, 0.4) is 0 Å². The van der Waals surface area contributed by atoms with Crippen LogP contribution in [0, 0.1) is 6.92 Å². The Morgan fingerprint density at radius 1 is 1.42 bits per heavy atom. The maximum Gasteiger partial charge on any atom is 0.244 e. The van der Waals surface area contributed by atoms with E-state index in [0.717, 1.165) is 48.9 Å². The van der Waals surface area contributed by atoms with E-state index in [1.54, 1.807) is 30.6 Å². The van der Waals surface area contributed by atoms with Crippen LogP contribution in [0.1, 0.15) is 29.1 Å². The van der Waals surface area contributed by atoms with Gasteiger partial charge in [0.2, 0.25) is 5.91 Å². The summed E-state index contributed by atoms with van der Waals surface area (Å²) < 4.78 is 5.28. The summed E-state index contributed by atoms with van der Waals surface area (Å²) in [4.78, 5) is 18.8. The lowest BCUT2D eigenvalue weighted by atomic mass is 10.0. The third-order valence-electron chi connectivity index (χ3n) is 4.52. The minimum absolute atomic E-state index is 0.0399. The van der Waals surface area contributed by atoms with Crippen LogP contribution in [0.5, 0.6) is 5.75 Å². The maximum absolute atomic E-state index is 12.1. The van der Waals surface area contributed by atoms with Crippen molar-refractivity contribution in [1.29, 1.82) is 0 Å². The molecule has 1 amide bonds. The van der Waals surface area contributed by atoms with Crippen LogP contribution in [-0.2, 0) is 11.3 Å². The minimum Gasteiger partial charge on any atom is -0.497 e. The molecule has 1 aliphatic rings. The molecule has 138 valence electrons. The van der Waals surface area contributed by atoms with Gasteiger partial charge in [-0.05, 0) is 43.5 Å². The van der Waals surface area contributed by atoms with Crippen molar-refractivity contribution >= 4 is 23.3 Å². The monoisotopic (exact) mass is 371 g/mol. The van der Waals surface area contributed by atoms with Gasteiger partial charge in [-0.3, -0.25) is 9.69 Å². The molecule has 2 aromatic rings. The molecule has 0 radical (unpaired) electrons. The predicted molar refractivity (Wildman–Crippen MR) is 105 cm³/mol. The van der Waals surface area contributed by atoms with Gasteiger partial charge < -0.3 is 10.1 Å². The summed E-state index contributed by atoms with van der Waals surface area (Å²) in [5.41, 5.74) is 2.10. The van der Waals surface area contributed by atoms with Crippen LogP contribution in [-0.4, -0.2) is 42.0 Å². The molecule has 1 N–H and O–H groups in total. The van der Waals surface area contributed by atoms with Crippen LogP contribution in [0.25, 0.3) is 6.08 Å². The molecule has 0 spiro atoms. The van der Waals surface area contributed by atoms with Crippen LogP contribution in [0.4, 0.5) is 0 Å². The number of carbonyl (C=O) groups excluding carboxylic acids is 1. The molecule has 0 saturated carbocycles. The second kappa shape index (κ2) is 8.96. The van der Waals surface area contributed by atoms with E-state index in [2.05, 4.69) is 27.3 Å². The van der Waals surface area contributed by atoms with Crippen molar-refractivity contribution < 1.29 is 9.53 Å². The molecule has 0 aliphatic carbocycles. The molecule has 1 aliphatic heterocycles. The number of benzene rings is 1. The van der Waals surface area contributed by atoms with Gasteiger partial charge >= 0.3 is 0 Å². The first-order valence-corrected chi connectivity index (χ1v) is 9.76. The summed E-state index contributed by atoms with van der Waals surface area (Å²) in [6.45, 7) is 4.84. The summed E-state index contributed by atoms with van der Waals surface area (Å²) in [6.07, 6.45) is 5.30. The van der Waals surface area contributed by atoms with Crippen molar-refractivity contribution in [1.82, 2.24) is 15.2 Å². The van der Waals surface area contributed by atoms with E-state index in [9.17, 15) is 4.79 Å². The number of likely N-dealkylation sites (tertiary alicyclic amines) is 1. The average molecular weight is 372 g/mol. The first kappa shape index (κ1) is 18.6. The minimum atomic E-state index is -0.0399. The highest BCUT2D eigenvalue weighted by atomic mass is 32.1. The molecule has 0 unspecified atom stereocenters. The molecular formula is C20H25N3O2S. The molecule has 5 nitrogen and oxygen atoms in total. The lowest BCUT2D eigenvalue weighted by Gasteiger charge is -2.32. The predicted octanol–water partition coefficient (Wildman–Crippen LogP) is 3.25. The number of thiazole rings is 1. The first-order valence-electron chi connectivity index (χ1n) is 8.88. The molecule has 26 heavy (non-hydrogen) atoms. The topological polar surface area (TPSA) is 54.5 Å². The zero-order valence-corrected chi connectivity index (χ0v) is 16.1. The lowest BCUT2D eigenvalue weighted by molar-refractivity contribution is -0.117. The van der Waals surface area contributed by atoms with Gasteiger partial charge in [0, 0.05) is 37.1 Å². The highest BCUT2D eigenvalue weighted by Crippen LogP contribution is 2.17. The standard InChI is InChI=1S/C20H25N3O2S/c1-15-21-18(14-26-15)6-7-20(24)22-17-8-10-23(11-9-17)13-16-4-3-5-19(12-16)25-2/h3-7,12,14,17H,8-11,13H2,1-2H3,(H,22,24)/b7-6-. The molecule has 3 rings (SSSR count). The van der Waals surface area contributed by atoms with Gasteiger partial charge in [0.05, 0.1) is 17.8 Å². The smallest absolute Gasteiger partial charge is 0.244 e. The van der Waals surface area contributed by atoms with Gasteiger partial charge in [-0.15, -0.1) is 11.3 Å². The number of methoxy groups -OCH3 is 1. The SMILES string of the molecule is COc1cccc(CN2CCC(NC(=O)/C=C\c3csc(C)n3)CC2)c1. The fourth-order valence-corrected chi connectivity index (χ4v) is 3.71. The van der Waals surface area contributed by atoms with Crippen molar-refractivity contribution in [3.63, 3.8) is 0 Å². The number of carbonyl (C=O) groups is 1. The van der Waals surface area contributed by atoms with Crippen LogP contribution >= 0.6 is 11.3 Å². The van der Waals surface area contributed by atoms with E-state index >= 15 is 0 Å². The Bertz CT molecular complexity index is 764. The Hall–Kier alpha value is -2.18. The van der Waals surface area contributed by atoms with E-state index in [0.29, 0.717) is 0 Å². The number of hydrogen-bond donors (Lipinski definition) is 1. The summed E-state index contributed by atoms with van der Waals surface area (Å²) in [5, 5.41) is 6.06. The fraction of sp³-hybridized carbons (Fsp3) is 0.400. The molecule has 0 atom stereocenters. The first-order chi connectivity index (χ1) is 12.6. The molecule has 6 heteroatoms. The van der Waals surface area contributed by atoms with Gasteiger partial charge in [0.25, 0.3) is 0 Å². The quantitative estimate of drug-likeness (QED) is 0.792. The lowest BCUT2D eigenvalue weighted by Crippen LogP contribution is -2.43. The molecule has 0 bridgehead atoms. The van der Waals surface area contributed by atoms with E-state index in [4.69, 9.17) is 4.74 Å². The van der Waals surface area contributed by atoms with E-state index < -0.39 is 0 Å². The largest absolute Gasteiger partial charge is 0.497 e. The Kier molecular flexibility index (Phi) is 6.41. The van der Waals surface area contributed by atoms with Gasteiger partial charge in [-0.1, -0.05) is 12.1 Å². The molecule has 1 fully saturated rings. The third kappa shape index (κ3) is 5.41. The van der Waals surface area contributed by atoms with Gasteiger partial charge in [0.15, 0.2) is 0 Å². The van der Waals surface area contributed by atoms with Crippen molar-refractivity contribution in [3.8, 4) is 5.75 Å². The molecule has 1 aromatic carbocycles. The summed E-state index contributed by atoms with van der Waals surface area (Å²) in [6, 6.07) is 8.44. The number of amides is 1. The number of piperidine rings is 1. The molecule has 2 heterocycles. The number of hydrogen-bond acceptors (Lipinski definition) is 5. The summed E-state index contributed by atoms with van der Waals surface area (Å²) >= 11 is 1.59. The second-order valence-corrected chi connectivity index (χ2v) is 7.60. The summed E-state index contributed by atoms with van der Waals surface area (Å²) in [5.74, 6) is 0.855. The molecular weight excluding hydrogens is 346 g/mol. The Balaban J connectivity index is 1.43. The zero-order valence-electron chi connectivity index (χ0n) is 15.3. The van der Waals surface area contributed by atoms with E-state index in [1.807, 2.05) is 24.4 Å². The van der Waals surface area contributed by atoms with E-state index in [1.165, 1.54) is 5.56 Å². The average Bonchev–Trinajstić information content (AvgIpc) is 3.07. The van der Waals surface area contributed by atoms with Crippen molar-refractivity contribution in [2.45, 2.75) is 32.4 Å². The highest BCUT2D eigenvalue weighted by molar-refractivity contribution is 7.09. The highest BCUT2D eigenvalue weighted by Gasteiger charge is 2.20. The number of rotatable bonds is 6. The normalized spacial score (nSPS) is 16.1. The zero-order chi connectivity index (χ0) is 18.4. The maximum atomic E-state index is 12.1. The van der Waals surface area contributed by atoms with Crippen LogP contribution in [0.15, 0.2) is 35.7 Å². The van der Waals surface area contributed by atoms with Gasteiger partial charge in [-0.25, -0.2) is 4.98 Å². The van der Waals surface area contributed by atoms with Crippen LogP contribution in [0.2, 0.25) is 0 Å². The van der Waals surface area contributed by atoms with Crippen molar-refractivity contribution in [2.24, 2.45) is 0 Å². The Morgan fingerprint density at radius 2 is 2.23 bits per heavy atom. The summed E-state index contributed by atoms with van der Waals surface area (Å²) in [7, 11) is 1.69. The fourth-order valence-electron chi connectivity index (χ4n) is 3.13. The number of aromatic nitrogens is 1. The Labute approximate surface area is 158 Å². The number of nitrogens with zero attached hydrogens (tertiary/aromatic N) is 2. The van der Waals surface area contributed by atoms with E-state index in [-0.39, 0.29) is 11.9 Å².